The normalized spacial score (nSPS) is 17.1. The fourth-order valence-corrected chi connectivity index (χ4v) is 4.19. The van der Waals surface area contributed by atoms with Gasteiger partial charge in [0.25, 0.3) is 0 Å². The second-order valence-corrected chi connectivity index (χ2v) is 7.78. The van der Waals surface area contributed by atoms with Crippen molar-refractivity contribution in [2.75, 3.05) is 34.4 Å². The number of carbonyl (C=O) groups excluding carboxylic acids is 1. The van der Waals surface area contributed by atoms with Crippen molar-refractivity contribution in [3.05, 3.63) is 42.7 Å². The van der Waals surface area contributed by atoms with E-state index < -0.39 is 0 Å². The van der Waals surface area contributed by atoms with Crippen LogP contribution in [0.25, 0.3) is 22.2 Å². The number of amides is 1. The first-order valence-electron chi connectivity index (χ1n) is 10.2. The van der Waals surface area contributed by atoms with Crippen LogP contribution in [0.4, 0.5) is 0 Å². The zero-order valence-corrected chi connectivity index (χ0v) is 17.7. The van der Waals surface area contributed by atoms with Crippen LogP contribution >= 0.6 is 0 Å². The summed E-state index contributed by atoms with van der Waals surface area (Å²) in [7, 11) is 5.33. The van der Waals surface area contributed by atoms with Gasteiger partial charge in [-0.25, -0.2) is 0 Å². The van der Waals surface area contributed by atoms with E-state index >= 15 is 0 Å². The predicted molar refractivity (Wildman–Crippen MR) is 117 cm³/mol. The van der Waals surface area contributed by atoms with Crippen LogP contribution < -0.4 is 14.8 Å². The third-order valence-corrected chi connectivity index (χ3v) is 5.64. The minimum atomic E-state index is 0.0231. The van der Waals surface area contributed by atoms with Crippen molar-refractivity contribution < 1.29 is 14.3 Å². The first-order chi connectivity index (χ1) is 14.6. The molecule has 3 aromatic rings. The number of likely N-dealkylation sites (tertiary alicyclic amines) is 1. The number of fused-ring (bicyclic) bond motifs is 1. The fourth-order valence-electron chi connectivity index (χ4n) is 4.19. The van der Waals surface area contributed by atoms with Crippen molar-refractivity contribution in [3.63, 3.8) is 0 Å². The number of benzene rings is 1. The van der Waals surface area contributed by atoms with E-state index in [2.05, 4.69) is 22.2 Å². The number of piperidine rings is 1. The molecule has 1 N–H and O–H groups in total. The summed E-state index contributed by atoms with van der Waals surface area (Å²) in [5.74, 6) is 1.33. The standard InChI is InChI=1S/C23H28N4O3/c1-26-11-4-5-18(14-26)25-21(28)15-27-12-9-16-8-10-24-22(23(16)27)17-6-7-19(29-2)20(13-17)30-3/h6-10,12-13,18H,4-5,11,14-15H2,1-3H3,(H,25,28)/t18-/m0/s1. The largest absolute Gasteiger partial charge is 0.493 e. The van der Waals surface area contributed by atoms with E-state index in [0.717, 1.165) is 48.1 Å². The first-order valence-corrected chi connectivity index (χ1v) is 10.2. The molecule has 0 unspecified atom stereocenters. The number of hydrogen-bond acceptors (Lipinski definition) is 5. The van der Waals surface area contributed by atoms with Gasteiger partial charge >= 0.3 is 0 Å². The highest BCUT2D eigenvalue weighted by Crippen LogP contribution is 2.34. The summed E-state index contributed by atoms with van der Waals surface area (Å²) < 4.78 is 12.8. The Morgan fingerprint density at radius 3 is 2.80 bits per heavy atom. The number of aromatic nitrogens is 2. The zero-order valence-electron chi connectivity index (χ0n) is 17.7. The molecule has 4 rings (SSSR count). The molecule has 0 saturated carbocycles. The van der Waals surface area contributed by atoms with Gasteiger partial charge < -0.3 is 24.3 Å². The Labute approximate surface area is 176 Å². The molecular formula is C23H28N4O3. The Bertz CT molecular complexity index is 1050. The summed E-state index contributed by atoms with van der Waals surface area (Å²) in [6.45, 7) is 2.25. The van der Waals surface area contributed by atoms with Crippen molar-refractivity contribution in [3.8, 4) is 22.8 Å². The molecule has 7 nitrogen and oxygen atoms in total. The number of nitrogens with zero attached hydrogens (tertiary/aromatic N) is 3. The maximum absolute atomic E-state index is 12.8. The Morgan fingerprint density at radius 2 is 2.03 bits per heavy atom. The molecule has 0 spiro atoms. The topological polar surface area (TPSA) is 68.6 Å². The summed E-state index contributed by atoms with van der Waals surface area (Å²) in [6, 6.07) is 9.93. The van der Waals surface area contributed by atoms with Crippen molar-refractivity contribution in [1.29, 1.82) is 0 Å². The number of likely N-dealkylation sites (N-methyl/N-ethyl adjacent to an activating group) is 1. The highest BCUT2D eigenvalue weighted by Gasteiger charge is 2.20. The average molecular weight is 409 g/mol. The van der Waals surface area contributed by atoms with E-state index in [1.165, 1.54) is 0 Å². The van der Waals surface area contributed by atoms with E-state index in [9.17, 15) is 4.79 Å². The Morgan fingerprint density at radius 1 is 1.20 bits per heavy atom. The summed E-state index contributed by atoms with van der Waals surface area (Å²) in [5.41, 5.74) is 2.65. The van der Waals surface area contributed by atoms with E-state index in [1.807, 2.05) is 41.1 Å². The summed E-state index contributed by atoms with van der Waals surface area (Å²) in [4.78, 5) is 19.6. The van der Waals surface area contributed by atoms with Crippen LogP contribution in [0.3, 0.4) is 0 Å². The quantitative estimate of drug-likeness (QED) is 0.679. The third kappa shape index (κ3) is 4.11. The molecule has 1 amide bonds. The monoisotopic (exact) mass is 408 g/mol. The van der Waals surface area contributed by atoms with Crippen molar-refractivity contribution in [2.24, 2.45) is 0 Å². The molecule has 0 radical (unpaired) electrons. The average Bonchev–Trinajstić information content (AvgIpc) is 3.16. The molecule has 1 aromatic carbocycles. The summed E-state index contributed by atoms with van der Waals surface area (Å²) >= 11 is 0. The van der Waals surface area contributed by atoms with Crippen LogP contribution in [0.5, 0.6) is 11.5 Å². The smallest absolute Gasteiger partial charge is 0.240 e. The molecule has 158 valence electrons. The van der Waals surface area contributed by atoms with E-state index in [0.29, 0.717) is 11.5 Å². The Hall–Kier alpha value is -3.06. The van der Waals surface area contributed by atoms with Crippen molar-refractivity contribution in [2.45, 2.75) is 25.4 Å². The van der Waals surface area contributed by atoms with Gasteiger partial charge in [-0.15, -0.1) is 0 Å². The van der Waals surface area contributed by atoms with E-state index in [-0.39, 0.29) is 18.5 Å². The van der Waals surface area contributed by atoms with Gasteiger partial charge in [0.15, 0.2) is 11.5 Å². The number of nitrogens with one attached hydrogen (secondary N) is 1. The molecule has 1 aliphatic heterocycles. The molecule has 30 heavy (non-hydrogen) atoms. The number of pyridine rings is 1. The molecule has 0 bridgehead atoms. The molecule has 1 fully saturated rings. The SMILES string of the molecule is COc1ccc(-c2nccc3ccn(CC(=O)N[C@H]4CCCN(C)C4)c23)cc1OC. The Kier molecular flexibility index (Phi) is 5.90. The zero-order chi connectivity index (χ0) is 21.1. The van der Waals surface area contributed by atoms with E-state index in [4.69, 9.17) is 9.47 Å². The highest BCUT2D eigenvalue weighted by molar-refractivity contribution is 5.93. The molecule has 1 atom stereocenters. The molecule has 3 heterocycles. The molecule has 7 heteroatoms. The van der Waals surface area contributed by atoms with Gasteiger partial charge in [0.1, 0.15) is 6.54 Å². The molecular weight excluding hydrogens is 380 g/mol. The highest BCUT2D eigenvalue weighted by atomic mass is 16.5. The predicted octanol–water partition coefficient (Wildman–Crippen LogP) is 2.93. The van der Waals surface area contributed by atoms with Crippen molar-refractivity contribution in [1.82, 2.24) is 19.8 Å². The maximum atomic E-state index is 12.8. The molecule has 2 aromatic heterocycles. The number of methoxy groups -OCH3 is 2. The van der Waals surface area contributed by atoms with Crippen LogP contribution in [0.1, 0.15) is 12.8 Å². The number of rotatable bonds is 6. The van der Waals surface area contributed by atoms with Gasteiger partial charge in [-0.3, -0.25) is 9.78 Å². The summed E-state index contributed by atoms with van der Waals surface area (Å²) in [6.07, 6.45) is 5.88. The lowest BCUT2D eigenvalue weighted by Gasteiger charge is -2.30. The third-order valence-electron chi connectivity index (χ3n) is 5.64. The minimum Gasteiger partial charge on any atom is -0.493 e. The molecule has 1 aliphatic rings. The molecule has 1 saturated heterocycles. The molecule has 0 aliphatic carbocycles. The summed E-state index contributed by atoms with van der Waals surface area (Å²) in [5, 5.41) is 4.23. The van der Waals surface area contributed by atoms with Crippen LogP contribution in [0, 0.1) is 0 Å². The van der Waals surface area contributed by atoms with Gasteiger partial charge in [0, 0.05) is 35.9 Å². The number of ether oxygens (including phenoxy) is 2. The lowest BCUT2D eigenvalue weighted by Crippen LogP contribution is -2.47. The lowest BCUT2D eigenvalue weighted by atomic mass is 10.1. The number of hydrogen-bond donors (Lipinski definition) is 1. The minimum absolute atomic E-state index is 0.0231. The van der Waals surface area contributed by atoms with E-state index in [1.54, 1.807) is 20.4 Å². The maximum Gasteiger partial charge on any atom is 0.240 e. The van der Waals surface area contributed by atoms with Crippen LogP contribution in [-0.2, 0) is 11.3 Å². The fraction of sp³-hybridized carbons (Fsp3) is 0.391. The van der Waals surface area contributed by atoms with Crippen molar-refractivity contribution >= 4 is 16.8 Å². The first kappa shape index (κ1) is 20.2. The van der Waals surface area contributed by atoms with Gasteiger partial charge in [-0.1, -0.05) is 0 Å². The second kappa shape index (κ2) is 8.75. The number of carbonyl (C=O) groups is 1. The van der Waals surface area contributed by atoms with Gasteiger partial charge in [0.05, 0.1) is 25.4 Å². The lowest BCUT2D eigenvalue weighted by molar-refractivity contribution is -0.122. The van der Waals surface area contributed by atoms with Crippen LogP contribution in [-0.4, -0.2) is 60.8 Å². The van der Waals surface area contributed by atoms with Gasteiger partial charge in [0.2, 0.25) is 5.91 Å². The second-order valence-electron chi connectivity index (χ2n) is 7.78. The Balaban J connectivity index is 1.62. The van der Waals surface area contributed by atoms with Crippen LogP contribution in [0.15, 0.2) is 42.7 Å². The van der Waals surface area contributed by atoms with Crippen LogP contribution in [0.2, 0.25) is 0 Å². The van der Waals surface area contributed by atoms with Gasteiger partial charge in [-0.2, -0.15) is 0 Å². The van der Waals surface area contributed by atoms with Gasteiger partial charge in [-0.05, 0) is 56.8 Å².